The zero-order valence-corrected chi connectivity index (χ0v) is 30.7. The fraction of sp³-hybridized carbons (Fsp3) is 0.0435. The van der Waals surface area contributed by atoms with Gasteiger partial charge in [-0.15, -0.1) is 0 Å². The van der Waals surface area contributed by atoms with Gasteiger partial charge in [-0.3, -0.25) is 0 Å². The predicted octanol–water partition coefficient (Wildman–Crippen LogP) is 13.8. The van der Waals surface area contributed by atoms with Crippen LogP contribution in [0.5, 0.6) is 0 Å². The van der Waals surface area contributed by atoms with Crippen LogP contribution in [0.15, 0.2) is 140 Å². The van der Waals surface area contributed by atoms with Crippen LogP contribution >= 0.6 is 23.2 Å². The van der Waals surface area contributed by atoms with E-state index in [9.17, 15) is 8.78 Å². The molecule has 2 aliphatic rings. The molecule has 9 rings (SSSR count). The van der Waals surface area contributed by atoms with Crippen molar-refractivity contribution in [2.75, 3.05) is 0 Å². The van der Waals surface area contributed by atoms with Crippen molar-refractivity contribution in [2.24, 2.45) is 0 Å². The Morgan fingerprint density at radius 2 is 0.839 bits per heavy atom. The number of halogens is 6. The van der Waals surface area contributed by atoms with E-state index in [0.29, 0.717) is 55.2 Å². The Hall–Kier alpha value is -6.22. The first-order chi connectivity index (χ1) is 27.1. The quantitative estimate of drug-likeness (QED) is 0.130. The van der Waals surface area contributed by atoms with Crippen molar-refractivity contribution in [1.82, 2.24) is 19.9 Å². The van der Waals surface area contributed by atoms with Crippen LogP contribution in [-0.2, 0) is 0 Å². The second-order valence-electron chi connectivity index (χ2n) is 13.4. The molecule has 0 atom stereocenters. The standard InChI is InChI=1S/C46H28Cl2F4N4/c47-31-18-16-30(17-19-31)43-38-25-24-36(55-38)41(28-12-6-2-7-13-28)34-21-20-33(53-34)40(27-10-4-1-5-11-27)35-22-23-37(54-35)42(29-14-8-3-9-15-29)39-26-32(44(43)56-39)45(49,50)46(48,51)52/h1-26,54-55H. The molecular weight excluding hydrogens is 755 g/mol. The third kappa shape index (κ3) is 6.21. The van der Waals surface area contributed by atoms with Gasteiger partial charge < -0.3 is 9.97 Å². The minimum Gasteiger partial charge on any atom is -0.354 e. The molecule has 274 valence electrons. The summed E-state index contributed by atoms with van der Waals surface area (Å²) in [4.78, 5) is 17.0. The summed E-state index contributed by atoms with van der Waals surface area (Å²) in [7, 11) is 0. The maximum atomic E-state index is 16.3. The molecular formula is C46H28Cl2F4N4. The highest BCUT2D eigenvalue weighted by Gasteiger charge is 2.59. The average molecular weight is 784 g/mol. The molecule has 8 bridgehead atoms. The fourth-order valence-corrected chi connectivity index (χ4v) is 7.55. The Morgan fingerprint density at radius 1 is 0.446 bits per heavy atom. The number of benzene rings is 4. The zero-order chi connectivity index (χ0) is 38.6. The molecule has 10 heteroatoms. The number of fused-ring (bicyclic) bond motifs is 8. The predicted molar refractivity (Wildman–Crippen MR) is 220 cm³/mol. The van der Waals surface area contributed by atoms with Crippen LogP contribution in [0.4, 0.5) is 17.6 Å². The van der Waals surface area contributed by atoms with E-state index in [0.717, 1.165) is 28.3 Å². The van der Waals surface area contributed by atoms with Crippen LogP contribution in [0, 0.1) is 0 Å². The van der Waals surface area contributed by atoms with Gasteiger partial charge in [-0.1, -0.05) is 115 Å². The Kier molecular flexibility index (Phi) is 8.75. The number of aromatic amines is 2. The van der Waals surface area contributed by atoms with E-state index in [2.05, 4.69) is 9.97 Å². The molecule has 0 saturated carbocycles. The van der Waals surface area contributed by atoms with Crippen molar-refractivity contribution in [2.45, 2.75) is 11.3 Å². The largest absolute Gasteiger partial charge is 0.388 e. The van der Waals surface area contributed by atoms with E-state index in [-0.39, 0.29) is 17.0 Å². The smallest absolute Gasteiger partial charge is 0.354 e. The molecule has 7 aromatic rings. The molecule has 56 heavy (non-hydrogen) atoms. The lowest BCUT2D eigenvalue weighted by atomic mass is 9.96. The molecule has 3 aromatic heterocycles. The van der Waals surface area contributed by atoms with Crippen LogP contribution < -0.4 is 0 Å². The van der Waals surface area contributed by atoms with Crippen molar-refractivity contribution >= 4 is 69.1 Å². The second kappa shape index (κ2) is 13.8. The summed E-state index contributed by atoms with van der Waals surface area (Å²) in [6, 6.07) is 42.2. The lowest BCUT2D eigenvalue weighted by Gasteiger charge is -2.23. The van der Waals surface area contributed by atoms with Gasteiger partial charge in [0.25, 0.3) is 0 Å². The minimum atomic E-state index is -4.96. The van der Waals surface area contributed by atoms with Gasteiger partial charge in [-0.2, -0.15) is 17.6 Å². The third-order valence-electron chi connectivity index (χ3n) is 9.88. The summed E-state index contributed by atoms with van der Waals surface area (Å²) in [5.74, 6) is -4.85. The highest BCUT2D eigenvalue weighted by Crippen LogP contribution is 2.51. The van der Waals surface area contributed by atoms with Gasteiger partial charge in [0.2, 0.25) is 0 Å². The number of nitrogens with one attached hydrogen (secondary N) is 2. The van der Waals surface area contributed by atoms with Crippen molar-refractivity contribution in [1.29, 1.82) is 0 Å². The van der Waals surface area contributed by atoms with Gasteiger partial charge in [-0.25, -0.2) is 9.97 Å². The number of allylic oxidation sites excluding steroid dienone is 1. The molecule has 0 unspecified atom stereocenters. The minimum absolute atomic E-state index is 0.0343. The number of aromatic nitrogens is 4. The van der Waals surface area contributed by atoms with Crippen LogP contribution in [0.1, 0.15) is 22.8 Å². The maximum Gasteiger partial charge on any atom is 0.388 e. The lowest BCUT2D eigenvalue weighted by Crippen LogP contribution is -2.36. The Balaban J connectivity index is 1.53. The summed E-state index contributed by atoms with van der Waals surface area (Å²) in [6.07, 6.45) is 4.93. The van der Waals surface area contributed by atoms with Crippen molar-refractivity contribution in [3.63, 3.8) is 0 Å². The number of hydrogen-bond acceptors (Lipinski definition) is 2. The van der Waals surface area contributed by atoms with Crippen LogP contribution in [0.3, 0.4) is 0 Å². The fourth-order valence-electron chi connectivity index (χ4n) is 7.32. The van der Waals surface area contributed by atoms with Gasteiger partial charge in [0.1, 0.15) is 0 Å². The molecule has 0 amide bonds. The summed E-state index contributed by atoms with van der Waals surface area (Å²) in [5, 5.41) is -4.56. The number of rotatable bonds is 6. The third-order valence-corrected chi connectivity index (χ3v) is 10.4. The molecule has 2 N–H and O–H groups in total. The monoisotopic (exact) mass is 782 g/mol. The van der Waals surface area contributed by atoms with Crippen molar-refractivity contribution in [3.8, 4) is 44.5 Å². The SMILES string of the molecule is FC(F)(Cl)C(F)(F)C1=Cc2nc1c(-c1ccc(Cl)cc1)c1ccc([nH]1)c(-c1ccccc1)c1nc(c(-c3ccccc3)c3ccc([nH]3)c2-c2ccccc2)C=C1. The van der Waals surface area contributed by atoms with Crippen LogP contribution in [0.25, 0.3) is 90.4 Å². The second-order valence-corrected chi connectivity index (χ2v) is 14.3. The number of nitrogens with zero attached hydrogens (tertiary/aromatic N) is 2. The molecule has 4 nitrogen and oxygen atoms in total. The average Bonchev–Trinajstić information content (AvgIpc) is 4.04. The first-order valence-electron chi connectivity index (χ1n) is 17.6. The van der Waals surface area contributed by atoms with Gasteiger partial charge >= 0.3 is 11.3 Å². The van der Waals surface area contributed by atoms with Crippen LogP contribution in [0.2, 0.25) is 5.02 Å². The summed E-state index contributed by atoms with van der Waals surface area (Å²) < 4.78 is 62.4. The van der Waals surface area contributed by atoms with E-state index < -0.39 is 16.9 Å². The Bertz CT molecular complexity index is 2860. The molecule has 0 aliphatic carbocycles. The van der Waals surface area contributed by atoms with Crippen molar-refractivity contribution < 1.29 is 17.6 Å². The zero-order valence-electron chi connectivity index (χ0n) is 29.2. The summed E-state index contributed by atoms with van der Waals surface area (Å²) in [6.45, 7) is 0. The molecule has 0 fully saturated rings. The van der Waals surface area contributed by atoms with Gasteiger partial charge in [-0.05, 0) is 88.5 Å². The molecule has 0 radical (unpaired) electrons. The normalized spacial score (nSPS) is 12.9. The molecule has 5 heterocycles. The Labute approximate surface area is 328 Å². The van der Waals surface area contributed by atoms with E-state index in [1.165, 1.54) is 0 Å². The maximum absolute atomic E-state index is 16.3. The molecule has 2 aliphatic heterocycles. The first-order valence-corrected chi connectivity index (χ1v) is 18.4. The van der Waals surface area contributed by atoms with E-state index in [1.54, 1.807) is 42.5 Å². The number of hydrogen-bond donors (Lipinski definition) is 2. The van der Waals surface area contributed by atoms with E-state index in [1.807, 2.05) is 109 Å². The summed E-state index contributed by atoms with van der Waals surface area (Å²) in [5.41, 5.74) is 6.97. The van der Waals surface area contributed by atoms with Gasteiger partial charge in [0, 0.05) is 49.3 Å². The topological polar surface area (TPSA) is 57.4 Å². The Morgan fingerprint density at radius 3 is 1.27 bits per heavy atom. The van der Waals surface area contributed by atoms with E-state index in [4.69, 9.17) is 33.2 Å². The lowest BCUT2D eigenvalue weighted by molar-refractivity contribution is -0.114. The highest BCUT2D eigenvalue weighted by molar-refractivity contribution is 6.30. The van der Waals surface area contributed by atoms with E-state index >= 15 is 8.78 Å². The highest BCUT2D eigenvalue weighted by atomic mass is 35.5. The molecule has 0 saturated heterocycles. The molecule has 4 aromatic carbocycles. The van der Waals surface area contributed by atoms with Crippen LogP contribution in [-0.4, -0.2) is 31.2 Å². The van der Waals surface area contributed by atoms with Gasteiger partial charge in [0.15, 0.2) is 0 Å². The number of H-pyrrole nitrogens is 2. The molecule has 0 spiro atoms. The first kappa shape index (κ1) is 35.5. The van der Waals surface area contributed by atoms with Gasteiger partial charge in [0.05, 0.1) is 28.3 Å². The number of alkyl halides is 5. The summed E-state index contributed by atoms with van der Waals surface area (Å²) >= 11 is 11.5. The van der Waals surface area contributed by atoms with Crippen molar-refractivity contribution in [3.05, 3.63) is 167 Å².